The maximum Gasteiger partial charge on any atom is 0.251 e. The Bertz CT molecular complexity index is 544. The Morgan fingerprint density at radius 2 is 2.25 bits per heavy atom. The van der Waals surface area contributed by atoms with Gasteiger partial charge in [0, 0.05) is 22.8 Å². The molecule has 0 atom stereocenters. The summed E-state index contributed by atoms with van der Waals surface area (Å²) in [6, 6.07) is 1.54. The first kappa shape index (κ1) is 11.0. The van der Waals surface area contributed by atoms with Crippen LogP contribution in [0, 0.1) is 6.92 Å². The Morgan fingerprint density at radius 1 is 1.44 bits per heavy atom. The Labute approximate surface area is 97.4 Å². The van der Waals surface area contributed by atoms with Gasteiger partial charge in [0.2, 0.25) is 0 Å². The Hall–Kier alpha value is -1.49. The smallest absolute Gasteiger partial charge is 0.251 e. The molecule has 0 unspecified atom stereocenters. The van der Waals surface area contributed by atoms with E-state index in [0.717, 1.165) is 22.8 Å². The van der Waals surface area contributed by atoms with Gasteiger partial charge in [-0.2, -0.15) is 0 Å². The average molecular weight is 235 g/mol. The second-order valence-corrected chi connectivity index (χ2v) is 4.54. The molecule has 2 heterocycles. The van der Waals surface area contributed by atoms with E-state index in [1.54, 1.807) is 11.3 Å². The van der Waals surface area contributed by atoms with Crippen molar-refractivity contribution >= 4 is 11.3 Å². The first-order valence-electron chi connectivity index (χ1n) is 5.17. The number of thiazole rings is 1. The third kappa shape index (κ3) is 2.55. The predicted octanol–water partition coefficient (Wildman–Crippen LogP) is 1.69. The monoisotopic (exact) mass is 235 g/mol. The van der Waals surface area contributed by atoms with Crippen LogP contribution >= 0.6 is 11.3 Å². The van der Waals surface area contributed by atoms with Crippen molar-refractivity contribution in [2.75, 3.05) is 0 Å². The zero-order chi connectivity index (χ0) is 11.5. The van der Waals surface area contributed by atoms with Gasteiger partial charge >= 0.3 is 0 Å². The van der Waals surface area contributed by atoms with E-state index in [1.807, 2.05) is 19.2 Å². The number of rotatable bonds is 3. The van der Waals surface area contributed by atoms with Crippen LogP contribution in [0.25, 0.3) is 0 Å². The van der Waals surface area contributed by atoms with Crippen molar-refractivity contribution in [1.29, 1.82) is 0 Å². The van der Waals surface area contributed by atoms with Gasteiger partial charge in [-0.25, -0.2) is 9.97 Å². The van der Waals surface area contributed by atoms with Crippen molar-refractivity contribution in [2.45, 2.75) is 26.7 Å². The van der Waals surface area contributed by atoms with E-state index in [-0.39, 0.29) is 5.56 Å². The van der Waals surface area contributed by atoms with Gasteiger partial charge in [0.1, 0.15) is 10.8 Å². The van der Waals surface area contributed by atoms with Crippen molar-refractivity contribution in [3.05, 3.63) is 44.0 Å². The molecule has 0 radical (unpaired) electrons. The highest BCUT2D eigenvalue weighted by molar-refractivity contribution is 7.09. The molecule has 0 aromatic carbocycles. The zero-order valence-electron chi connectivity index (χ0n) is 9.28. The van der Waals surface area contributed by atoms with E-state index in [0.29, 0.717) is 12.2 Å². The first-order valence-corrected chi connectivity index (χ1v) is 6.05. The van der Waals surface area contributed by atoms with Crippen LogP contribution in [0.15, 0.2) is 16.2 Å². The van der Waals surface area contributed by atoms with Gasteiger partial charge in [0.15, 0.2) is 0 Å². The topological polar surface area (TPSA) is 58.6 Å². The Balaban J connectivity index is 2.27. The molecule has 0 aliphatic carbocycles. The minimum atomic E-state index is -0.0878. The Kier molecular flexibility index (Phi) is 3.14. The molecule has 0 amide bonds. The second-order valence-electron chi connectivity index (χ2n) is 3.60. The highest BCUT2D eigenvalue weighted by atomic mass is 32.1. The molecule has 1 N–H and O–H groups in total. The number of hydrogen-bond donors (Lipinski definition) is 1. The van der Waals surface area contributed by atoms with Crippen LogP contribution in [-0.2, 0) is 12.8 Å². The maximum absolute atomic E-state index is 11.4. The van der Waals surface area contributed by atoms with E-state index < -0.39 is 0 Å². The third-order valence-electron chi connectivity index (χ3n) is 2.19. The third-order valence-corrected chi connectivity index (χ3v) is 3.16. The molecule has 0 saturated carbocycles. The summed E-state index contributed by atoms with van der Waals surface area (Å²) in [6.45, 7) is 3.94. The minimum absolute atomic E-state index is 0.0878. The second kappa shape index (κ2) is 4.57. The number of hydrogen-bond acceptors (Lipinski definition) is 4. The summed E-state index contributed by atoms with van der Waals surface area (Å²) < 4.78 is 0. The SMILES string of the molecule is CCc1cc(=O)[nH]c(Cc2nc(C)cs2)n1. The van der Waals surface area contributed by atoms with E-state index in [4.69, 9.17) is 0 Å². The number of H-pyrrole nitrogens is 1. The van der Waals surface area contributed by atoms with Gasteiger partial charge in [-0.05, 0) is 13.3 Å². The zero-order valence-corrected chi connectivity index (χ0v) is 10.1. The summed E-state index contributed by atoms with van der Waals surface area (Å²) in [5.41, 5.74) is 1.75. The molecule has 0 bridgehead atoms. The minimum Gasteiger partial charge on any atom is -0.310 e. The number of aromatic amines is 1. The van der Waals surface area contributed by atoms with Gasteiger partial charge in [0.05, 0.1) is 6.42 Å². The fourth-order valence-corrected chi connectivity index (χ4v) is 2.23. The normalized spacial score (nSPS) is 10.6. The first-order chi connectivity index (χ1) is 7.67. The van der Waals surface area contributed by atoms with E-state index in [1.165, 1.54) is 6.07 Å². The molecule has 5 heteroatoms. The van der Waals surface area contributed by atoms with E-state index in [2.05, 4.69) is 15.0 Å². The molecule has 2 aromatic rings. The lowest BCUT2D eigenvalue weighted by Crippen LogP contribution is -2.12. The lowest BCUT2D eigenvalue weighted by atomic mass is 10.3. The summed E-state index contributed by atoms with van der Waals surface area (Å²) in [6.07, 6.45) is 1.37. The maximum atomic E-state index is 11.4. The highest BCUT2D eigenvalue weighted by Crippen LogP contribution is 2.11. The van der Waals surface area contributed by atoms with E-state index in [9.17, 15) is 4.79 Å². The average Bonchev–Trinajstić information content (AvgIpc) is 2.63. The predicted molar refractivity (Wildman–Crippen MR) is 63.9 cm³/mol. The van der Waals surface area contributed by atoms with Gasteiger partial charge in [-0.1, -0.05) is 6.92 Å². The Morgan fingerprint density at radius 3 is 2.88 bits per heavy atom. The van der Waals surface area contributed by atoms with Crippen LogP contribution in [-0.4, -0.2) is 15.0 Å². The van der Waals surface area contributed by atoms with Gasteiger partial charge in [-0.3, -0.25) is 4.79 Å². The number of aryl methyl sites for hydroxylation is 2. The van der Waals surface area contributed by atoms with Crippen LogP contribution in [0.4, 0.5) is 0 Å². The number of aromatic nitrogens is 3. The van der Waals surface area contributed by atoms with Crippen molar-refractivity contribution in [3.8, 4) is 0 Å². The summed E-state index contributed by atoms with van der Waals surface area (Å²) in [5.74, 6) is 0.693. The molecule has 16 heavy (non-hydrogen) atoms. The fourth-order valence-electron chi connectivity index (χ4n) is 1.46. The lowest BCUT2D eigenvalue weighted by Gasteiger charge is -2.00. The summed E-state index contributed by atoms with van der Waals surface area (Å²) in [7, 11) is 0. The fraction of sp³-hybridized carbons (Fsp3) is 0.364. The molecular formula is C11H13N3OS. The highest BCUT2D eigenvalue weighted by Gasteiger charge is 2.04. The van der Waals surface area contributed by atoms with E-state index >= 15 is 0 Å². The number of nitrogens with zero attached hydrogens (tertiary/aromatic N) is 2. The summed E-state index contributed by atoms with van der Waals surface area (Å²) in [4.78, 5) is 22.8. The van der Waals surface area contributed by atoms with Crippen LogP contribution in [0.2, 0.25) is 0 Å². The lowest BCUT2D eigenvalue weighted by molar-refractivity contribution is 0.881. The van der Waals surface area contributed by atoms with Gasteiger partial charge in [-0.15, -0.1) is 11.3 Å². The molecule has 0 aliphatic heterocycles. The number of nitrogens with one attached hydrogen (secondary N) is 1. The van der Waals surface area contributed by atoms with Crippen molar-refractivity contribution in [3.63, 3.8) is 0 Å². The molecule has 2 aromatic heterocycles. The van der Waals surface area contributed by atoms with Gasteiger partial charge in [0.25, 0.3) is 5.56 Å². The van der Waals surface area contributed by atoms with Gasteiger partial charge < -0.3 is 4.98 Å². The molecule has 4 nitrogen and oxygen atoms in total. The molecule has 0 fully saturated rings. The van der Waals surface area contributed by atoms with Crippen LogP contribution < -0.4 is 5.56 Å². The van der Waals surface area contributed by atoms with Crippen molar-refractivity contribution in [1.82, 2.24) is 15.0 Å². The molecular weight excluding hydrogens is 222 g/mol. The molecule has 0 saturated heterocycles. The quantitative estimate of drug-likeness (QED) is 0.880. The van der Waals surface area contributed by atoms with Crippen molar-refractivity contribution < 1.29 is 0 Å². The van der Waals surface area contributed by atoms with Crippen molar-refractivity contribution in [2.24, 2.45) is 0 Å². The van der Waals surface area contributed by atoms with Crippen LogP contribution in [0.1, 0.15) is 29.1 Å². The van der Waals surface area contributed by atoms with Crippen LogP contribution in [0.3, 0.4) is 0 Å². The summed E-state index contributed by atoms with van der Waals surface area (Å²) >= 11 is 1.59. The molecule has 2 rings (SSSR count). The molecule has 0 aliphatic rings. The standard InChI is InChI=1S/C11H13N3OS/c1-3-8-4-10(15)14-9(13-8)5-11-12-7(2)6-16-11/h4,6H,3,5H2,1-2H3,(H,13,14,15). The summed E-state index contributed by atoms with van der Waals surface area (Å²) in [5, 5.41) is 2.98. The van der Waals surface area contributed by atoms with Crippen LogP contribution in [0.5, 0.6) is 0 Å². The molecule has 0 spiro atoms. The molecule has 84 valence electrons. The largest absolute Gasteiger partial charge is 0.310 e.